The largest absolute Gasteiger partial charge is 0.442 e. The molecule has 8 nitrogen and oxygen atoms in total. The number of anilines is 2. The van der Waals surface area contributed by atoms with Crippen LogP contribution in [0.15, 0.2) is 23.2 Å². The zero-order valence-electron chi connectivity index (χ0n) is 17.1. The summed E-state index contributed by atoms with van der Waals surface area (Å²) in [7, 11) is 3.85. The van der Waals surface area contributed by atoms with E-state index < -0.39 is 12.2 Å². The first-order valence-corrected chi connectivity index (χ1v) is 9.80. The summed E-state index contributed by atoms with van der Waals surface area (Å²) in [5.41, 5.74) is 0.960. The molecule has 1 N–H and O–H groups in total. The number of nitrogens with one attached hydrogen (secondary N) is 1. The van der Waals surface area contributed by atoms with Crippen molar-refractivity contribution in [3.05, 3.63) is 24.0 Å². The van der Waals surface area contributed by atoms with E-state index in [9.17, 15) is 14.0 Å². The molecule has 2 amide bonds. The summed E-state index contributed by atoms with van der Waals surface area (Å²) < 4.78 is 20.1. The van der Waals surface area contributed by atoms with Crippen LogP contribution >= 0.6 is 0 Å². The quantitative estimate of drug-likeness (QED) is 0.577. The highest BCUT2D eigenvalue weighted by Crippen LogP contribution is 2.29. The van der Waals surface area contributed by atoms with Gasteiger partial charge in [0, 0.05) is 34.1 Å². The molecule has 2 fully saturated rings. The maximum Gasteiger partial charge on any atom is 0.414 e. The second-order valence-electron chi connectivity index (χ2n) is 7.66. The van der Waals surface area contributed by atoms with Crippen LogP contribution in [0, 0.1) is 5.82 Å². The van der Waals surface area contributed by atoms with Crippen molar-refractivity contribution in [3.8, 4) is 0 Å². The molecule has 1 aromatic rings. The molecule has 29 heavy (non-hydrogen) atoms. The number of aliphatic imine (C=N–C) groups is 1. The smallest absolute Gasteiger partial charge is 0.414 e. The minimum atomic E-state index is -0.538. The molecule has 0 saturated carbocycles. The van der Waals surface area contributed by atoms with Gasteiger partial charge in [0.25, 0.3) is 0 Å². The normalized spacial score (nSPS) is 22.1. The van der Waals surface area contributed by atoms with Crippen molar-refractivity contribution in [2.45, 2.75) is 31.9 Å². The molecule has 2 aliphatic heterocycles. The van der Waals surface area contributed by atoms with Crippen LogP contribution in [-0.2, 0) is 9.53 Å². The van der Waals surface area contributed by atoms with E-state index in [1.54, 1.807) is 18.5 Å². The number of carbonyl (C=O) groups is 2. The van der Waals surface area contributed by atoms with Crippen LogP contribution in [0.25, 0.3) is 0 Å². The van der Waals surface area contributed by atoms with E-state index in [0.717, 1.165) is 19.4 Å². The molecule has 2 heterocycles. The third-order valence-corrected chi connectivity index (χ3v) is 4.94. The van der Waals surface area contributed by atoms with Gasteiger partial charge in [-0.05, 0) is 31.0 Å². The number of rotatable bonds is 6. The number of halogens is 1. The third kappa shape index (κ3) is 5.36. The third-order valence-electron chi connectivity index (χ3n) is 4.94. The number of ether oxygens (including phenoxy) is 1. The van der Waals surface area contributed by atoms with Gasteiger partial charge in [-0.3, -0.25) is 14.7 Å². The van der Waals surface area contributed by atoms with Crippen LogP contribution in [0.4, 0.5) is 20.6 Å². The van der Waals surface area contributed by atoms with Crippen molar-refractivity contribution in [2.75, 3.05) is 50.1 Å². The van der Waals surface area contributed by atoms with Crippen LogP contribution in [-0.4, -0.2) is 75.7 Å². The molecule has 0 spiro atoms. The van der Waals surface area contributed by atoms with Crippen molar-refractivity contribution < 1.29 is 18.7 Å². The van der Waals surface area contributed by atoms with Gasteiger partial charge in [-0.2, -0.15) is 0 Å². The summed E-state index contributed by atoms with van der Waals surface area (Å²) in [6.45, 7) is 3.34. The highest BCUT2D eigenvalue weighted by Gasteiger charge is 2.33. The van der Waals surface area contributed by atoms with Gasteiger partial charge in [0.15, 0.2) is 0 Å². The zero-order valence-corrected chi connectivity index (χ0v) is 17.1. The minimum Gasteiger partial charge on any atom is -0.442 e. The Labute approximate surface area is 170 Å². The lowest BCUT2D eigenvalue weighted by Crippen LogP contribution is -2.38. The number of nitrogens with zero attached hydrogens (tertiary/aromatic N) is 4. The van der Waals surface area contributed by atoms with Crippen LogP contribution in [0.1, 0.15) is 19.8 Å². The number of carbonyl (C=O) groups excluding carboxylic acids is 2. The Bertz CT molecular complexity index is 785. The second kappa shape index (κ2) is 9.11. The fraction of sp³-hybridized carbons (Fsp3) is 0.550. The van der Waals surface area contributed by atoms with Gasteiger partial charge in [0.2, 0.25) is 5.91 Å². The number of cyclic esters (lactones) is 1. The monoisotopic (exact) mass is 405 g/mol. The van der Waals surface area contributed by atoms with Gasteiger partial charge in [-0.1, -0.05) is 0 Å². The first-order valence-electron chi connectivity index (χ1n) is 9.80. The molecular weight excluding hydrogens is 377 g/mol. The summed E-state index contributed by atoms with van der Waals surface area (Å²) in [6.07, 6.45) is 2.73. The SMILES string of the molecule is CC(=O)NCC1CN(c2ccc(N3CCCC(N=CN(C)C)C3)c(F)c2)C(=O)O1. The Morgan fingerprint density at radius 2 is 2.21 bits per heavy atom. The highest BCUT2D eigenvalue weighted by molar-refractivity contribution is 5.90. The Morgan fingerprint density at radius 1 is 1.41 bits per heavy atom. The predicted molar refractivity (Wildman–Crippen MR) is 110 cm³/mol. The van der Waals surface area contributed by atoms with Crippen LogP contribution < -0.4 is 15.1 Å². The lowest BCUT2D eigenvalue weighted by Gasteiger charge is -2.33. The zero-order chi connectivity index (χ0) is 21.0. The molecule has 2 unspecified atom stereocenters. The summed E-state index contributed by atoms with van der Waals surface area (Å²) in [4.78, 5) is 33.0. The fourth-order valence-electron chi connectivity index (χ4n) is 3.54. The van der Waals surface area contributed by atoms with Gasteiger partial charge in [0.05, 0.1) is 36.8 Å². The lowest BCUT2D eigenvalue weighted by atomic mass is 10.1. The maximum atomic E-state index is 14.9. The van der Waals surface area contributed by atoms with Gasteiger partial charge in [-0.25, -0.2) is 9.18 Å². The Hall–Kier alpha value is -2.84. The highest BCUT2D eigenvalue weighted by atomic mass is 19.1. The number of benzene rings is 1. The Balaban J connectivity index is 1.67. The molecule has 0 bridgehead atoms. The second-order valence-corrected chi connectivity index (χ2v) is 7.66. The predicted octanol–water partition coefficient (Wildman–Crippen LogP) is 1.85. The van der Waals surface area contributed by atoms with E-state index in [4.69, 9.17) is 4.74 Å². The van der Waals surface area contributed by atoms with Crippen molar-refractivity contribution in [1.29, 1.82) is 0 Å². The lowest BCUT2D eigenvalue weighted by molar-refractivity contribution is -0.119. The summed E-state index contributed by atoms with van der Waals surface area (Å²) >= 11 is 0. The molecule has 1 aromatic carbocycles. The summed E-state index contributed by atoms with van der Waals surface area (Å²) in [6, 6.07) is 4.93. The molecule has 9 heteroatoms. The van der Waals surface area contributed by atoms with Crippen LogP contribution in [0.3, 0.4) is 0 Å². The van der Waals surface area contributed by atoms with E-state index in [1.807, 2.05) is 23.9 Å². The molecule has 0 aromatic heterocycles. The minimum absolute atomic E-state index is 0.133. The van der Waals surface area contributed by atoms with E-state index in [2.05, 4.69) is 10.3 Å². The van der Waals surface area contributed by atoms with Gasteiger partial charge >= 0.3 is 6.09 Å². The van der Waals surface area contributed by atoms with Gasteiger partial charge in [0.1, 0.15) is 11.9 Å². The van der Waals surface area contributed by atoms with E-state index in [-0.39, 0.29) is 30.9 Å². The standard InChI is InChI=1S/C20H28FN5O3/c1-14(27)22-10-17-12-26(20(28)29-17)16-6-7-19(18(21)9-16)25-8-4-5-15(11-25)23-13-24(2)3/h6-7,9,13,15,17H,4-5,8,10-12H2,1-3H3,(H,22,27). The average Bonchev–Trinajstić information content (AvgIpc) is 3.05. The summed E-state index contributed by atoms with van der Waals surface area (Å²) in [5.74, 6) is -0.567. The van der Waals surface area contributed by atoms with Gasteiger partial charge < -0.3 is 19.9 Å². The van der Waals surface area contributed by atoms with Crippen molar-refractivity contribution in [1.82, 2.24) is 10.2 Å². The number of hydrogen-bond acceptors (Lipinski definition) is 5. The van der Waals surface area contributed by atoms with Crippen molar-refractivity contribution in [3.63, 3.8) is 0 Å². The van der Waals surface area contributed by atoms with E-state index >= 15 is 0 Å². The topological polar surface area (TPSA) is 77.5 Å². The van der Waals surface area contributed by atoms with Crippen LogP contribution in [0.5, 0.6) is 0 Å². The van der Waals surface area contributed by atoms with Gasteiger partial charge in [-0.15, -0.1) is 0 Å². The molecule has 2 saturated heterocycles. The maximum absolute atomic E-state index is 14.9. The first-order chi connectivity index (χ1) is 13.8. The number of hydrogen-bond donors (Lipinski definition) is 1. The molecule has 0 aliphatic carbocycles. The Morgan fingerprint density at radius 3 is 2.90 bits per heavy atom. The number of piperidine rings is 1. The number of amides is 2. The van der Waals surface area contributed by atoms with E-state index in [1.165, 1.54) is 17.9 Å². The molecule has 3 rings (SSSR count). The molecule has 2 aliphatic rings. The average molecular weight is 405 g/mol. The summed E-state index contributed by atoms with van der Waals surface area (Å²) in [5, 5.41) is 2.63. The molecule has 2 atom stereocenters. The fourth-order valence-corrected chi connectivity index (χ4v) is 3.54. The Kier molecular flexibility index (Phi) is 6.56. The van der Waals surface area contributed by atoms with Crippen molar-refractivity contribution >= 4 is 29.7 Å². The van der Waals surface area contributed by atoms with Crippen molar-refractivity contribution in [2.24, 2.45) is 4.99 Å². The molecule has 158 valence electrons. The van der Waals surface area contributed by atoms with E-state index in [0.29, 0.717) is 17.9 Å². The van der Waals surface area contributed by atoms with Crippen LogP contribution in [0.2, 0.25) is 0 Å². The molecular formula is C20H28FN5O3. The first kappa shape index (κ1) is 20.9. The molecule has 0 radical (unpaired) electrons.